The van der Waals surface area contributed by atoms with Gasteiger partial charge in [-0.3, -0.25) is 9.69 Å². The average molecular weight is 459 g/mol. The summed E-state index contributed by atoms with van der Waals surface area (Å²) in [5, 5.41) is 0.657. The monoisotopic (exact) mass is 458 g/mol. The highest BCUT2D eigenvalue weighted by Crippen LogP contribution is 2.35. The molecule has 1 saturated heterocycles. The number of ether oxygens (including phenoxy) is 2. The molecule has 5 rings (SSSR count). The van der Waals surface area contributed by atoms with Crippen LogP contribution in [0.5, 0.6) is 5.75 Å². The molecule has 3 aromatic carbocycles. The summed E-state index contributed by atoms with van der Waals surface area (Å²) >= 11 is 1.52. The molecule has 1 aliphatic heterocycles. The molecule has 1 aliphatic rings. The largest absolute Gasteiger partial charge is 0.491 e. The van der Waals surface area contributed by atoms with Crippen molar-refractivity contribution < 1.29 is 14.3 Å². The minimum Gasteiger partial charge on any atom is -0.491 e. The van der Waals surface area contributed by atoms with Crippen molar-refractivity contribution in [1.29, 1.82) is 0 Å². The van der Waals surface area contributed by atoms with Gasteiger partial charge in [0, 0.05) is 12.2 Å². The molecule has 0 saturated carbocycles. The van der Waals surface area contributed by atoms with Crippen molar-refractivity contribution in [3.05, 3.63) is 83.4 Å². The zero-order valence-electron chi connectivity index (χ0n) is 18.8. The van der Waals surface area contributed by atoms with Gasteiger partial charge in [-0.1, -0.05) is 29.5 Å². The predicted molar refractivity (Wildman–Crippen MR) is 133 cm³/mol. The fraction of sp³-hybridized carbons (Fsp3) is 0.259. The lowest BCUT2D eigenvalue weighted by Gasteiger charge is -2.21. The van der Waals surface area contributed by atoms with Gasteiger partial charge >= 0.3 is 0 Å². The Morgan fingerprint density at radius 2 is 1.85 bits per heavy atom. The van der Waals surface area contributed by atoms with Crippen LogP contribution >= 0.6 is 11.3 Å². The van der Waals surface area contributed by atoms with Gasteiger partial charge in [0.05, 0.1) is 22.0 Å². The molecule has 0 radical (unpaired) electrons. The van der Waals surface area contributed by atoms with Crippen LogP contribution in [0.4, 0.5) is 10.8 Å². The number of benzene rings is 3. The number of rotatable bonds is 6. The fourth-order valence-corrected chi connectivity index (χ4v) is 5.12. The number of fused-ring (bicyclic) bond motifs is 1. The Hall–Kier alpha value is -3.22. The smallest absolute Gasteiger partial charge is 0.264 e. The Morgan fingerprint density at radius 1 is 1.09 bits per heavy atom. The summed E-state index contributed by atoms with van der Waals surface area (Å²) in [6.45, 7) is 5.42. The van der Waals surface area contributed by atoms with Crippen LogP contribution in [0.15, 0.2) is 66.7 Å². The van der Waals surface area contributed by atoms with Crippen LogP contribution < -0.4 is 9.64 Å². The highest BCUT2D eigenvalue weighted by Gasteiger charge is 2.24. The molecule has 1 unspecified atom stereocenters. The van der Waals surface area contributed by atoms with Crippen molar-refractivity contribution in [2.75, 3.05) is 18.1 Å². The SMILES string of the molecule is Cc1cc(C)cc(N(C(=O)c2ccc(OCC3CCCO3)cc2)c2nc3ccccc3s2)c1. The van der Waals surface area contributed by atoms with Crippen molar-refractivity contribution in [1.82, 2.24) is 4.98 Å². The van der Waals surface area contributed by atoms with Gasteiger partial charge in [0.15, 0.2) is 5.13 Å². The first-order valence-electron chi connectivity index (χ1n) is 11.2. The molecular weight excluding hydrogens is 432 g/mol. The van der Waals surface area contributed by atoms with Gasteiger partial charge in [-0.15, -0.1) is 0 Å². The molecule has 0 N–H and O–H groups in total. The maximum atomic E-state index is 13.8. The Balaban J connectivity index is 1.46. The number of thiazole rings is 1. The molecule has 6 heteroatoms. The van der Waals surface area contributed by atoms with Crippen molar-refractivity contribution in [2.45, 2.75) is 32.8 Å². The molecule has 0 aliphatic carbocycles. The molecule has 5 nitrogen and oxygen atoms in total. The molecule has 4 aromatic rings. The Bertz CT molecular complexity index is 1220. The van der Waals surface area contributed by atoms with E-state index in [1.54, 1.807) is 4.90 Å². The molecule has 0 bridgehead atoms. The quantitative estimate of drug-likeness (QED) is 0.333. The number of hydrogen-bond donors (Lipinski definition) is 0. The van der Waals surface area contributed by atoms with Gasteiger partial charge < -0.3 is 9.47 Å². The Kier molecular flexibility index (Phi) is 6.11. The van der Waals surface area contributed by atoms with Gasteiger partial charge in [0.1, 0.15) is 12.4 Å². The average Bonchev–Trinajstić information content (AvgIpc) is 3.47. The standard InChI is InChI=1S/C27H26N2O3S/c1-18-14-19(2)16-21(15-18)29(27-28-24-7-3-4-8-25(24)33-27)26(30)20-9-11-22(12-10-20)32-17-23-6-5-13-31-23/h3-4,7-12,14-16,23H,5-6,13,17H2,1-2H3. The number of nitrogens with zero attached hydrogens (tertiary/aromatic N) is 2. The topological polar surface area (TPSA) is 51.7 Å². The molecule has 1 atom stereocenters. The van der Waals surface area contributed by atoms with Gasteiger partial charge in [-0.25, -0.2) is 4.98 Å². The van der Waals surface area contributed by atoms with E-state index in [9.17, 15) is 4.79 Å². The number of carbonyl (C=O) groups excluding carboxylic acids is 1. The molecule has 0 spiro atoms. The van der Waals surface area contributed by atoms with Crippen LogP contribution in [-0.2, 0) is 4.74 Å². The number of carbonyl (C=O) groups is 1. The first kappa shape index (κ1) is 21.6. The zero-order chi connectivity index (χ0) is 22.8. The normalized spacial score (nSPS) is 15.6. The maximum absolute atomic E-state index is 13.8. The summed E-state index contributed by atoms with van der Waals surface area (Å²) in [4.78, 5) is 20.2. The fourth-order valence-electron chi connectivity index (χ4n) is 4.14. The van der Waals surface area contributed by atoms with Crippen LogP contribution in [-0.4, -0.2) is 30.2 Å². The highest BCUT2D eigenvalue weighted by atomic mass is 32.1. The minimum atomic E-state index is -0.121. The van der Waals surface area contributed by atoms with Crippen molar-refractivity contribution in [3.63, 3.8) is 0 Å². The number of aromatic nitrogens is 1. The van der Waals surface area contributed by atoms with E-state index in [1.165, 1.54) is 11.3 Å². The number of anilines is 2. The lowest BCUT2D eigenvalue weighted by molar-refractivity contribution is 0.0679. The van der Waals surface area contributed by atoms with Gasteiger partial charge in [-0.2, -0.15) is 0 Å². The Morgan fingerprint density at radius 3 is 2.55 bits per heavy atom. The minimum absolute atomic E-state index is 0.121. The van der Waals surface area contributed by atoms with Crippen molar-refractivity contribution in [2.24, 2.45) is 0 Å². The predicted octanol–water partition coefficient (Wildman–Crippen LogP) is 6.45. The highest BCUT2D eigenvalue weighted by molar-refractivity contribution is 7.22. The molecular formula is C27H26N2O3S. The zero-order valence-corrected chi connectivity index (χ0v) is 19.6. The molecule has 168 valence electrons. The lowest BCUT2D eigenvalue weighted by atomic mass is 10.1. The molecule has 2 heterocycles. The van der Waals surface area contributed by atoms with Crippen LogP contribution in [0.3, 0.4) is 0 Å². The van der Waals surface area contributed by atoms with E-state index in [-0.39, 0.29) is 12.0 Å². The third-order valence-electron chi connectivity index (χ3n) is 5.70. The van der Waals surface area contributed by atoms with Crippen molar-refractivity contribution >= 4 is 38.3 Å². The first-order valence-corrected chi connectivity index (χ1v) is 12.0. The van der Waals surface area contributed by atoms with Gasteiger partial charge in [0.25, 0.3) is 5.91 Å². The van der Waals surface area contributed by atoms with E-state index in [0.29, 0.717) is 17.3 Å². The van der Waals surface area contributed by atoms with E-state index in [2.05, 4.69) is 6.07 Å². The number of para-hydroxylation sites is 1. The summed E-state index contributed by atoms with van der Waals surface area (Å²) in [6, 6.07) is 21.4. The summed E-state index contributed by atoms with van der Waals surface area (Å²) in [5.74, 6) is 0.615. The van der Waals surface area contributed by atoms with Crippen LogP contribution in [0.1, 0.15) is 34.3 Å². The van der Waals surface area contributed by atoms with Crippen LogP contribution in [0.25, 0.3) is 10.2 Å². The van der Waals surface area contributed by atoms with E-state index < -0.39 is 0 Å². The second kappa shape index (κ2) is 9.33. The van der Waals surface area contributed by atoms with Crippen molar-refractivity contribution in [3.8, 4) is 5.75 Å². The number of aryl methyl sites for hydroxylation is 2. The summed E-state index contributed by atoms with van der Waals surface area (Å²) < 4.78 is 12.5. The van der Waals surface area contributed by atoms with E-state index in [0.717, 1.165) is 52.2 Å². The first-order chi connectivity index (χ1) is 16.1. The van der Waals surface area contributed by atoms with E-state index in [1.807, 2.05) is 74.5 Å². The Labute approximate surface area is 197 Å². The van der Waals surface area contributed by atoms with Crippen LogP contribution in [0, 0.1) is 13.8 Å². The maximum Gasteiger partial charge on any atom is 0.264 e. The second-order valence-corrected chi connectivity index (χ2v) is 9.43. The molecule has 1 amide bonds. The van der Waals surface area contributed by atoms with Gasteiger partial charge in [-0.05, 0) is 86.3 Å². The lowest BCUT2D eigenvalue weighted by Crippen LogP contribution is -2.26. The van der Waals surface area contributed by atoms with E-state index in [4.69, 9.17) is 14.5 Å². The van der Waals surface area contributed by atoms with Crippen LogP contribution in [0.2, 0.25) is 0 Å². The third kappa shape index (κ3) is 4.77. The van der Waals surface area contributed by atoms with E-state index >= 15 is 0 Å². The third-order valence-corrected chi connectivity index (χ3v) is 6.72. The molecule has 1 fully saturated rings. The summed E-state index contributed by atoms with van der Waals surface area (Å²) in [7, 11) is 0. The molecule has 33 heavy (non-hydrogen) atoms. The summed E-state index contributed by atoms with van der Waals surface area (Å²) in [6.07, 6.45) is 2.27. The second-order valence-electron chi connectivity index (χ2n) is 8.42. The molecule has 1 aromatic heterocycles. The summed E-state index contributed by atoms with van der Waals surface area (Å²) in [5.41, 5.74) is 4.48. The number of hydrogen-bond acceptors (Lipinski definition) is 5. The number of amides is 1. The van der Waals surface area contributed by atoms with Gasteiger partial charge in [0.2, 0.25) is 0 Å².